The molecule has 2 aliphatic heterocycles. The minimum absolute atomic E-state index is 0.345. The minimum atomic E-state index is -3.27. The summed E-state index contributed by atoms with van der Waals surface area (Å²) in [7, 11) is -3.27. The summed E-state index contributed by atoms with van der Waals surface area (Å²) in [6, 6.07) is 5.76. The second-order valence-corrected chi connectivity index (χ2v) is 9.69. The van der Waals surface area contributed by atoms with Crippen molar-refractivity contribution in [2.24, 2.45) is 5.92 Å². The van der Waals surface area contributed by atoms with Crippen LogP contribution in [0.1, 0.15) is 30.9 Å². The van der Waals surface area contributed by atoms with Gasteiger partial charge in [-0.3, -0.25) is 9.62 Å². The van der Waals surface area contributed by atoms with Crippen LogP contribution in [-0.4, -0.2) is 68.4 Å². The summed E-state index contributed by atoms with van der Waals surface area (Å²) in [6.07, 6.45) is 4.07. The average molecular weight is 382 g/mol. The van der Waals surface area contributed by atoms with Crippen molar-refractivity contribution in [2.45, 2.75) is 38.8 Å². The van der Waals surface area contributed by atoms with Crippen molar-refractivity contribution in [1.82, 2.24) is 9.80 Å². The van der Waals surface area contributed by atoms with E-state index in [9.17, 15) is 13.5 Å². The standard InChI is InChI=1S/C19H31N3O3S/c1-15-6-9-21(10-7-15)13-17(23)14-22-11-8-18-16(12-22)4-3-5-19(18)20-26(2,24)25/h3-5,15,17,20,23H,6-14H2,1-2H3. The van der Waals surface area contributed by atoms with Crippen LogP contribution in [0.25, 0.3) is 0 Å². The molecule has 0 spiro atoms. The Hall–Kier alpha value is -1.15. The number of hydrogen-bond acceptors (Lipinski definition) is 5. The lowest BCUT2D eigenvalue weighted by atomic mass is 9.97. The monoisotopic (exact) mass is 381 g/mol. The normalized spacial score (nSPS) is 21.3. The van der Waals surface area contributed by atoms with Crippen molar-refractivity contribution in [3.8, 4) is 0 Å². The topological polar surface area (TPSA) is 72.9 Å². The Morgan fingerprint density at radius 1 is 1.19 bits per heavy atom. The summed E-state index contributed by atoms with van der Waals surface area (Å²) in [4.78, 5) is 4.64. The van der Waals surface area contributed by atoms with Crippen molar-refractivity contribution in [1.29, 1.82) is 0 Å². The lowest BCUT2D eigenvalue weighted by Gasteiger charge is -2.35. The molecule has 7 heteroatoms. The van der Waals surface area contributed by atoms with Crippen molar-refractivity contribution in [3.63, 3.8) is 0 Å². The Balaban J connectivity index is 1.56. The number of benzene rings is 1. The molecule has 0 radical (unpaired) electrons. The maximum Gasteiger partial charge on any atom is 0.229 e. The van der Waals surface area contributed by atoms with E-state index < -0.39 is 10.0 Å². The number of β-amino-alcohol motifs (C(OH)–C–C–N with tert-alkyl or cyclic N) is 1. The van der Waals surface area contributed by atoms with Crippen molar-refractivity contribution < 1.29 is 13.5 Å². The van der Waals surface area contributed by atoms with E-state index in [0.717, 1.165) is 56.2 Å². The summed E-state index contributed by atoms with van der Waals surface area (Å²) in [6.45, 7) is 7.46. The maximum atomic E-state index is 11.5. The van der Waals surface area contributed by atoms with E-state index >= 15 is 0 Å². The molecule has 146 valence electrons. The molecule has 1 saturated heterocycles. The average Bonchev–Trinajstić information content (AvgIpc) is 2.55. The number of aliphatic hydroxyl groups is 1. The van der Waals surface area contributed by atoms with Crippen LogP contribution in [0.5, 0.6) is 0 Å². The van der Waals surface area contributed by atoms with Crippen LogP contribution in [-0.2, 0) is 23.0 Å². The van der Waals surface area contributed by atoms with Crippen LogP contribution in [0.15, 0.2) is 18.2 Å². The Kier molecular flexibility index (Phi) is 6.22. The number of aliphatic hydroxyl groups excluding tert-OH is 1. The molecular weight excluding hydrogens is 350 g/mol. The third-order valence-electron chi connectivity index (χ3n) is 5.45. The van der Waals surface area contributed by atoms with Gasteiger partial charge in [0.25, 0.3) is 0 Å². The largest absolute Gasteiger partial charge is 0.390 e. The van der Waals surface area contributed by atoms with Crippen LogP contribution < -0.4 is 4.72 Å². The molecule has 0 aliphatic carbocycles. The zero-order valence-electron chi connectivity index (χ0n) is 15.8. The summed E-state index contributed by atoms with van der Waals surface area (Å²) in [5.74, 6) is 0.803. The first-order valence-electron chi connectivity index (χ1n) is 9.51. The Bertz CT molecular complexity index is 715. The fourth-order valence-corrected chi connectivity index (χ4v) is 4.61. The van der Waals surface area contributed by atoms with Crippen molar-refractivity contribution >= 4 is 15.7 Å². The molecule has 3 rings (SSSR count). The maximum absolute atomic E-state index is 11.5. The van der Waals surface area contributed by atoms with E-state index in [1.165, 1.54) is 19.1 Å². The summed E-state index contributed by atoms with van der Waals surface area (Å²) in [5.41, 5.74) is 2.91. The first-order chi connectivity index (χ1) is 12.3. The third kappa shape index (κ3) is 5.42. The van der Waals surface area contributed by atoms with Crippen LogP contribution in [0, 0.1) is 5.92 Å². The van der Waals surface area contributed by atoms with Crippen LogP contribution >= 0.6 is 0 Å². The number of piperidine rings is 1. The molecule has 0 saturated carbocycles. The predicted molar refractivity (Wildman–Crippen MR) is 105 cm³/mol. The van der Waals surface area contributed by atoms with Gasteiger partial charge in [0.05, 0.1) is 18.0 Å². The number of sulfonamides is 1. The van der Waals surface area contributed by atoms with Gasteiger partial charge >= 0.3 is 0 Å². The van der Waals surface area contributed by atoms with Gasteiger partial charge in [0.15, 0.2) is 0 Å². The molecule has 1 aromatic rings. The van der Waals surface area contributed by atoms with E-state index in [4.69, 9.17) is 0 Å². The highest BCUT2D eigenvalue weighted by Gasteiger charge is 2.23. The van der Waals surface area contributed by atoms with Gasteiger partial charge in [0.2, 0.25) is 10.0 Å². The zero-order chi connectivity index (χ0) is 18.7. The Labute approximate surface area is 157 Å². The number of rotatable bonds is 6. The van der Waals surface area contributed by atoms with E-state index in [-0.39, 0.29) is 6.10 Å². The molecule has 0 aromatic heterocycles. The molecule has 1 atom stereocenters. The number of fused-ring (bicyclic) bond motifs is 1. The fraction of sp³-hybridized carbons (Fsp3) is 0.684. The molecule has 1 aromatic carbocycles. The number of anilines is 1. The second kappa shape index (κ2) is 8.25. The highest BCUT2D eigenvalue weighted by Crippen LogP contribution is 2.27. The first kappa shape index (κ1) is 19.6. The smallest absolute Gasteiger partial charge is 0.229 e. The molecule has 0 amide bonds. The highest BCUT2D eigenvalue weighted by molar-refractivity contribution is 7.92. The lowest BCUT2D eigenvalue weighted by Crippen LogP contribution is -2.44. The molecule has 2 N–H and O–H groups in total. The molecule has 0 bridgehead atoms. The molecule has 6 nitrogen and oxygen atoms in total. The number of nitrogens with zero attached hydrogens (tertiary/aromatic N) is 2. The van der Waals surface area contributed by atoms with Gasteiger partial charge in [-0.2, -0.15) is 0 Å². The molecule has 2 aliphatic rings. The van der Waals surface area contributed by atoms with Crippen LogP contribution in [0.4, 0.5) is 5.69 Å². The van der Waals surface area contributed by atoms with Gasteiger partial charge in [-0.05, 0) is 55.5 Å². The number of nitrogens with one attached hydrogen (secondary N) is 1. The summed E-state index contributed by atoms with van der Waals surface area (Å²) in [5, 5.41) is 10.5. The Morgan fingerprint density at radius 2 is 1.88 bits per heavy atom. The molecule has 1 unspecified atom stereocenters. The van der Waals surface area contributed by atoms with Crippen molar-refractivity contribution in [3.05, 3.63) is 29.3 Å². The summed E-state index contributed by atoms with van der Waals surface area (Å²) >= 11 is 0. The predicted octanol–water partition coefficient (Wildman–Crippen LogP) is 1.51. The van der Waals surface area contributed by atoms with Crippen molar-refractivity contribution in [2.75, 3.05) is 43.7 Å². The number of hydrogen-bond donors (Lipinski definition) is 2. The molecule has 1 fully saturated rings. The van der Waals surface area contributed by atoms with Crippen LogP contribution in [0.3, 0.4) is 0 Å². The van der Waals surface area contributed by atoms with Gasteiger partial charge < -0.3 is 10.0 Å². The number of likely N-dealkylation sites (tertiary alicyclic amines) is 1. The Morgan fingerprint density at radius 3 is 2.58 bits per heavy atom. The molecule has 2 heterocycles. The van der Waals surface area contributed by atoms with E-state index in [2.05, 4.69) is 21.4 Å². The third-order valence-corrected chi connectivity index (χ3v) is 6.05. The van der Waals surface area contributed by atoms with Gasteiger partial charge in [0.1, 0.15) is 0 Å². The quantitative estimate of drug-likeness (QED) is 0.781. The second-order valence-electron chi connectivity index (χ2n) is 7.94. The molecule has 26 heavy (non-hydrogen) atoms. The zero-order valence-corrected chi connectivity index (χ0v) is 16.6. The van der Waals surface area contributed by atoms with Gasteiger partial charge in [-0.15, -0.1) is 0 Å². The first-order valence-corrected chi connectivity index (χ1v) is 11.4. The van der Waals surface area contributed by atoms with E-state index in [1.54, 1.807) is 0 Å². The van der Waals surface area contributed by atoms with Crippen LogP contribution in [0.2, 0.25) is 0 Å². The van der Waals surface area contributed by atoms with Gasteiger partial charge in [-0.25, -0.2) is 8.42 Å². The van der Waals surface area contributed by atoms with E-state index in [0.29, 0.717) is 12.2 Å². The van der Waals surface area contributed by atoms with E-state index in [1.807, 2.05) is 18.2 Å². The molecular formula is C19H31N3O3S. The SMILES string of the molecule is CC1CCN(CC(O)CN2CCc3c(cccc3NS(C)(=O)=O)C2)CC1. The highest BCUT2D eigenvalue weighted by atomic mass is 32.2. The lowest BCUT2D eigenvalue weighted by molar-refractivity contribution is 0.0576. The fourth-order valence-electron chi connectivity index (χ4n) is 4.02. The minimum Gasteiger partial charge on any atom is -0.390 e. The summed E-state index contributed by atoms with van der Waals surface area (Å²) < 4.78 is 25.7. The van der Waals surface area contributed by atoms with Gasteiger partial charge in [-0.1, -0.05) is 19.1 Å². The van der Waals surface area contributed by atoms with Gasteiger partial charge in [0, 0.05) is 26.2 Å².